The van der Waals surface area contributed by atoms with E-state index in [4.69, 9.17) is 0 Å². The summed E-state index contributed by atoms with van der Waals surface area (Å²) >= 11 is 0. The van der Waals surface area contributed by atoms with Gasteiger partial charge in [-0.2, -0.15) is 26.0 Å². The normalized spacial score (nSPS) is 39.8. The molecule has 0 atom stereocenters. The molecule has 0 unspecified atom stereocenters. The van der Waals surface area contributed by atoms with Gasteiger partial charge in [-0.1, -0.05) is 3.89 Å². The van der Waals surface area contributed by atoms with Crippen LogP contribution in [0.5, 0.6) is 0 Å². The molecule has 0 aromatic carbocycles. The molecular weight excluding hydrogens is 319 g/mol. The Morgan fingerprint density at radius 3 is 1.62 bits per heavy atom. The van der Waals surface area contributed by atoms with Gasteiger partial charge >= 0.3 is 21.6 Å². The molecule has 0 aromatic heterocycles. The maximum Gasteiger partial charge on any atom is 0.464 e. The first kappa shape index (κ1) is 15.5. The Balaban J connectivity index is 1.86. The molecule has 4 bridgehead atoms. The van der Waals surface area contributed by atoms with E-state index in [9.17, 15) is 29.9 Å². The van der Waals surface area contributed by atoms with Crippen molar-refractivity contribution in [2.75, 3.05) is 0 Å². The molecule has 122 valence electrons. The van der Waals surface area contributed by atoms with Crippen LogP contribution >= 0.6 is 0 Å². The van der Waals surface area contributed by atoms with E-state index in [1.54, 1.807) is 0 Å². The maximum absolute atomic E-state index is 13.6. The summed E-state index contributed by atoms with van der Waals surface area (Å²) in [5.74, 6) is 0.424. The van der Waals surface area contributed by atoms with Crippen molar-refractivity contribution in [3.05, 3.63) is 0 Å². The lowest BCUT2D eigenvalue weighted by atomic mass is 9.54. The molecule has 0 aliphatic heterocycles. The largest absolute Gasteiger partial charge is 0.464 e. The van der Waals surface area contributed by atoms with Crippen molar-refractivity contribution in [2.24, 2.45) is 17.8 Å². The van der Waals surface area contributed by atoms with E-state index < -0.39 is 27.2 Å². The van der Waals surface area contributed by atoms with E-state index in [0.717, 1.165) is 19.3 Å². The highest BCUT2D eigenvalue weighted by atomic mass is 32.3. The van der Waals surface area contributed by atoms with Gasteiger partial charge in [0.2, 0.25) is 0 Å². The highest BCUT2D eigenvalue weighted by Gasteiger charge is 2.71. The third-order valence-electron chi connectivity index (χ3n) is 4.97. The fourth-order valence-electron chi connectivity index (χ4n) is 4.63. The molecule has 4 saturated carbocycles. The first-order valence-electron chi connectivity index (χ1n) is 6.84. The topological polar surface area (TPSA) is 43.4 Å². The second-order valence-corrected chi connectivity index (χ2v) is 8.06. The molecule has 4 rings (SSSR count). The van der Waals surface area contributed by atoms with Gasteiger partial charge in [-0.05, 0) is 56.3 Å². The lowest BCUT2D eigenvalue weighted by Crippen LogP contribution is -2.58. The molecule has 4 aliphatic carbocycles. The van der Waals surface area contributed by atoms with Gasteiger partial charge in [0.25, 0.3) is 0 Å². The van der Waals surface area contributed by atoms with Crippen LogP contribution in [-0.4, -0.2) is 25.4 Å². The number of ether oxygens (including phenoxy) is 1. The summed E-state index contributed by atoms with van der Waals surface area (Å²) in [4.78, 5) is 0. The van der Waals surface area contributed by atoms with E-state index in [1.165, 1.54) is 0 Å². The number of halogens is 5. The fraction of sp³-hybridized carbons (Fsp3) is 1.00. The van der Waals surface area contributed by atoms with Crippen LogP contribution in [0.3, 0.4) is 0 Å². The summed E-state index contributed by atoms with van der Waals surface area (Å²) in [6, 6.07) is 0. The molecule has 0 radical (unpaired) electrons. The second-order valence-electron chi connectivity index (χ2n) is 6.67. The number of hydrogen-bond donors (Lipinski definition) is 0. The van der Waals surface area contributed by atoms with Gasteiger partial charge in [-0.3, -0.25) is 0 Å². The van der Waals surface area contributed by atoms with Crippen LogP contribution in [-0.2, 0) is 15.0 Å². The van der Waals surface area contributed by atoms with Crippen molar-refractivity contribution >= 4 is 10.2 Å². The predicted molar refractivity (Wildman–Crippen MR) is 61.9 cm³/mol. The fourth-order valence-corrected chi connectivity index (χ4v) is 4.95. The molecular formula is C12H15F5O3S. The summed E-state index contributed by atoms with van der Waals surface area (Å²) in [6.07, 6.45) is -2.15. The zero-order chi connectivity index (χ0) is 15.7. The van der Waals surface area contributed by atoms with Gasteiger partial charge in [0.15, 0.2) is 0 Å². The second kappa shape index (κ2) is 4.31. The summed E-state index contributed by atoms with van der Waals surface area (Å²) in [5.41, 5.74) is -1.45. The van der Waals surface area contributed by atoms with Crippen molar-refractivity contribution in [2.45, 2.75) is 55.5 Å². The molecule has 0 aromatic rings. The van der Waals surface area contributed by atoms with Crippen molar-refractivity contribution in [1.82, 2.24) is 0 Å². The van der Waals surface area contributed by atoms with Crippen LogP contribution in [0.2, 0.25) is 0 Å². The van der Waals surface area contributed by atoms with Crippen LogP contribution < -0.4 is 0 Å². The highest BCUT2D eigenvalue weighted by Crippen LogP contribution is 2.59. The Labute approximate surface area is 119 Å². The molecule has 0 saturated heterocycles. The molecule has 3 nitrogen and oxygen atoms in total. The summed E-state index contributed by atoms with van der Waals surface area (Å²) < 4.78 is 91.0. The molecule has 0 heterocycles. The van der Waals surface area contributed by atoms with Crippen LogP contribution in [0.4, 0.5) is 21.4 Å². The van der Waals surface area contributed by atoms with Gasteiger partial charge in [-0.25, -0.2) is 0 Å². The Hall–Kier alpha value is -0.440. The molecule has 0 amide bonds. The minimum atomic E-state index is -6.75. The lowest BCUT2D eigenvalue weighted by Gasteiger charge is -2.56. The molecule has 0 spiro atoms. The summed E-state index contributed by atoms with van der Waals surface area (Å²) in [6.45, 7) is 0. The summed E-state index contributed by atoms with van der Waals surface area (Å²) in [7, 11) is -6.75. The van der Waals surface area contributed by atoms with Crippen molar-refractivity contribution < 1.29 is 34.6 Å². The quantitative estimate of drug-likeness (QED) is 0.584. The van der Waals surface area contributed by atoms with Crippen molar-refractivity contribution in [3.63, 3.8) is 0 Å². The van der Waals surface area contributed by atoms with E-state index >= 15 is 0 Å². The smallest absolute Gasteiger partial charge is 0.308 e. The number of alkyl halides is 4. The van der Waals surface area contributed by atoms with E-state index in [1.807, 2.05) is 0 Å². The summed E-state index contributed by atoms with van der Waals surface area (Å²) in [5, 5.41) is -5.87. The van der Waals surface area contributed by atoms with E-state index in [-0.39, 0.29) is 37.0 Å². The molecule has 9 heteroatoms. The standard InChI is InChI=1S/C12H15F5O3S/c13-11(14,12(15,16)21(17,18)19)20-10-4-7-1-8(5-10)3-9(2-7)6-10/h7-9H,1-6H2. The van der Waals surface area contributed by atoms with Gasteiger partial charge in [0.05, 0.1) is 5.60 Å². The van der Waals surface area contributed by atoms with Gasteiger partial charge in [-0.15, -0.1) is 0 Å². The number of hydrogen-bond acceptors (Lipinski definition) is 3. The average molecular weight is 334 g/mol. The first-order chi connectivity index (χ1) is 9.44. The van der Waals surface area contributed by atoms with E-state index in [2.05, 4.69) is 4.74 Å². The lowest BCUT2D eigenvalue weighted by molar-refractivity contribution is -0.374. The van der Waals surface area contributed by atoms with Gasteiger partial charge < -0.3 is 4.74 Å². The molecule has 4 aliphatic rings. The molecule has 0 N–H and O–H groups in total. The van der Waals surface area contributed by atoms with E-state index in [0.29, 0.717) is 0 Å². The maximum atomic E-state index is 13.6. The Morgan fingerprint density at radius 1 is 0.905 bits per heavy atom. The Bertz CT molecular complexity index is 510. The molecule has 21 heavy (non-hydrogen) atoms. The highest BCUT2D eigenvalue weighted by molar-refractivity contribution is 7.87. The van der Waals surface area contributed by atoms with Crippen LogP contribution in [0.25, 0.3) is 0 Å². The van der Waals surface area contributed by atoms with Crippen molar-refractivity contribution in [3.8, 4) is 0 Å². The Kier molecular flexibility index (Phi) is 3.17. The minimum Gasteiger partial charge on any atom is -0.308 e. The SMILES string of the molecule is O=S(=O)(F)C(F)(F)C(F)(F)OC12CC3CC(CC(C3)C1)C2. The third kappa shape index (κ3) is 2.36. The average Bonchev–Trinajstić information content (AvgIpc) is 2.22. The van der Waals surface area contributed by atoms with Crippen LogP contribution in [0.15, 0.2) is 0 Å². The monoisotopic (exact) mass is 334 g/mol. The van der Waals surface area contributed by atoms with Gasteiger partial charge in [0.1, 0.15) is 0 Å². The zero-order valence-corrected chi connectivity index (χ0v) is 11.8. The van der Waals surface area contributed by atoms with Gasteiger partial charge in [0, 0.05) is 0 Å². The van der Waals surface area contributed by atoms with Crippen molar-refractivity contribution in [1.29, 1.82) is 0 Å². The third-order valence-corrected chi connectivity index (χ3v) is 5.82. The predicted octanol–water partition coefficient (Wildman–Crippen LogP) is 3.46. The number of rotatable bonds is 4. The minimum absolute atomic E-state index is 0.141. The van der Waals surface area contributed by atoms with Crippen LogP contribution in [0.1, 0.15) is 38.5 Å². The Morgan fingerprint density at radius 2 is 1.29 bits per heavy atom. The first-order valence-corrected chi connectivity index (χ1v) is 8.22. The zero-order valence-electron chi connectivity index (χ0n) is 11.0. The molecule has 4 fully saturated rings. The van der Waals surface area contributed by atoms with Crippen LogP contribution in [0, 0.1) is 17.8 Å².